The Labute approximate surface area is 199 Å². The number of carbonyl (C=O) groups excluding carboxylic acids is 1. The maximum absolute atomic E-state index is 12.5. The summed E-state index contributed by atoms with van der Waals surface area (Å²) in [5, 5.41) is 2.15. The van der Waals surface area contributed by atoms with Crippen molar-refractivity contribution < 1.29 is 4.79 Å². The van der Waals surface area contributed by atoms with Gasteiger partial charge in [-0.15, -0.1) is 11.3 Å². The minimum atomic E-state index is -0.00367. The molecule has 2 aliphatic rings. The number of fused-ring (bicyclic) bond motifs is 2. The Morgan fingerprint density at radius 3 is 2.58 bits per heavy atom. The fourth-order valence-electron chi connectivity index (χ4n) is 3.62. The quantitative estimate of drug-likeness (QED) is 0.313. The lowest BCUT2D eigenvalue weighted by atomic mass is 10.2. The first-order valence-electron chi connectivity index (χ1n) is 10.00. The maximum atomic E-state index is 12.5. The van der Waals surface area contributed by atoms with Gasteiger partial charge in [0.2, 0.25) is 0 Å². The normalized spacial score (nSPS) is 18.8. The number of aromatic nitrogens is 1. The highest BCUT2D eigenvalue weighted by Gasteiger charge is 2.31. The van der Waals surface area contributed by atoms with E-state index in [9.17, 15) is 4.79 Å². The van der Waals surface area contributed by atoms with Crippen molar-refractivity contribution in [3.8, 4) is 10.6 Å². The third-order valence-electron chi connectivity index (χ3n) is 5.16. The summed E-state index contributed by atoms with van der Waals surface area (Å²) in [7, 11) is 0. The number of thiocarbonyl (C=S) groups is 1. The van der Waals surface area contributed by atoms with Gasteiger partial charge in [0.15, 0.2) is 0 Å². The van der Waals surface area contributed by atoms with E-state index in [1.54, 1.807) is 28.0 Å². The van der Waals surface area contributed by atoms with Crippen LogP contribution in [0, 0.1) is 0 Å². The second-order valence-corrected chi connectivity index (χ2v) is 10.7. The molecule has 0 spiro atoms. The Bertz CT molecular complexity index is 1240. The predicted molar refractivity (Wildman–Crippen MR) is 138 cm³/mol. The summed E-state index contributed by atoms with van der Waals surface area (Å²) in [5.41, 5.74) is 3.36. The molecule has 3 aromatic rings. The molecule has 156 valence electrons. The Kier molecular flexibility index (Phi) is 5.64. The molecule has 4 nitrogen and oxygen atoms in total. The minimum Gasteiger partial charge on any atom is -0.335 e. The van der Waals surface area contributed by atoms with Crippen LogP contribution in [0.3, 0.4) is 0 Å². The SMILES string of the molecule is CCN1C(=O)/C(=C\C=C2/Sc3cc(-c4nc5ccccc5s4)ccc3N2CC)SC1=S. The molecule has 0 atom stereocenters. The number of anilines is 1. The largest absolute Gasteiger partial charge is 0.335 e. The van der Waals surface area contributed by atoms with Crippen LogP contribution in [-0.4, -0.2) is 33.2 Å². The molecule has 0 saturated carbocycles. The number of rotatable bonds is 4. The molecule has 0 radical (unpaired) electrons. The van der Waals surface area contributed by atoms with Crippen LogP contribution in [0.4, 0.5) is 5.69 Å². The first-order chi connectivity index (χ1) is 15.1. The van der Waals surface area contributed by atoms with Gasteiger partial charge in [-0.2, -0.15) is 0 Å². The van der Waals surface area contributed by atoms with Crippen molar-refractivity contribution in [3.05, 3.63) is 64.6 Å². The number of benzene rings is 2. The van der Waals surface area contributed by atoms with Gasteiger partial charge in [-0.1, -0.05) is 47.9 Å². The molecule has 8 heteroatoms. The molecule has 0 bridgehead atoms. The Hall–Kier alpha value is -2.13. The van der Waals surface area contributed by atoms with E-state index in [0.29, 0.717) is 15.8 Å². The van der Waals surface area contributed by atoms with Crippen LogP contribution in [0.15, 0.2) is 69.4 Å². The maximum Gasteiger partial charge on any atom is 0.266 e. The molecule has 0 aliphatic carbocycles. The number of allylic oxidation sites excluding steroid dienone is 2. The van der Waals surface area contributed by atoms with Crippen LogP contribution in [0.2, 0.25) is 0 Å². The molecule has 3 heterocycles. The number of para-hydroxylation sites is 1. The predicted octanol–water partition coefficient (Wildman–Crippen LogP) is 6.50. The third kappa shape index (κ3) is 3.71. The summed E-state index contributed by atoms with van der Waals surface area (Å²) in [5.74, 6) is -0.00367. The smallest absolute Gasteiger partial charge is 0.266 e. The van der Waals surface area contributed by atoms with Gasteiger partial charge in [0.1, 0.15) is 9.33 Å². The molecule has 0 N–H and O–H groups in total. The van der Waals surface area contributed by atoms with E-state index in [0.717, 1.165) is 27.7 Å². The van der Waals surface area contributed by atoms with E-state index in [1.807, 2.05) is 31.2 Å². The number of thiazole rings is 1. The molecule has 0 unspecified atom stereocenters. The second-order valence-electron chi connectivity index (χ2n) is 6.97. The lowest BCUT2D eigenvalue weighted by molar-refractivity contribution is -0.122. The van der Waals surface area contributed by atoms with Gasteiger partial charge in [-0.25, -0.2) is 4.98 Å². The summed E-state index contributed by atoms with van der Waals surface area (Å²) < 4.78 is 1.83. The van der Waals surface area contributed by atoms with Crippen molar-refractivity contribution in [3.63, 3.8) is 0 Å². The van der Waals surface area contributed by atoms with Gasteiger partial charge in [0.05, 0.1) is 25.8 Å². The Morgan fingerprint density at radius 1 is 1.03 bits per heavy atom. The first-order valence-corrected chi connectivity index (χ1v) is 12.9. The molecular weight excluding hydrogens is 463 g/mol. The highest BCUT2D eigenvalue weighted by atomic mass is 32.2. The van der Waals surface area contributed by atoms with E-state index in [4.69, 9.17) is 17.2 Å². The molecule has 31 heavy (non-hydrogen) atoms. The van der Waals surface area contributed by atoms with E-state index in [-0.39, 0.29) is 5.91 Å². The van der Waals surface area contributed by atoms with E-state index in [2.05, 4.69) is 42.2 Å². The van der Waals surface area contributed by atoms with Gasteiger partial charge >= 0.3 is 0 Å². The van der Waals surface area contributed by atoms with E-state index < -0.39 is 0 Å². The van der Waals surface area contributed by atoms with Crippen LogP contribution in [0.25, 0.3) is 20.8 Å². The molecule has 1 fully saturated rings. The lowest BCUT2D eigenvalue weighted by Crippen LogP contribution is -2.27. The third-order valence-corrected chi connectivity index (χ3v) is 8.75. The molecule has 1 saturated heterocycles. The highest BCUT2D eigenvalue weighted by molar-refractivity contribution is 8.26. The van der Waals surface area contributed by atoms with Crippen LogP contribution in [-0.2, 0) is 4.79 Å². The van der Waals surface area contributed by atoms with Crippen molar-refractivity contribution in [1.82, 2.24) is 9.88 Å². The van der Waals surface area contributed by atoms with Gasteiger partial charge < -0.3 is 4.90 Å². The van der Waals surface area contributed by atoms with Gasteiger partial charge in [-0.05, 0) is 56.3 Å². The number of nitrogens with zero attached hydrogens (tertiary/aromatic N) is 3. The highest BCUT2D eigenvalue weighted by Crippen LogP contribution is 2.48. The zero-order valence-corrected chi connectivity index (χ0v) is 20.3. The molecule has 5 rings (SSSR count). The topological polar surface area (TPSA) is 36.4 Å². The fourth-order valence-corrected chi connectivity index (χ4v) is 7.07. The lowest BCUT2D eigenvalue weighted by Gasteiger charge is -2.17. The standard InChI is InChI=1S/C23H19N3OS4/c1-3-25-16-10-9-14(21-24-15-7-5-6-8-17(15)30-21)13-19(16)29-20(25)12-11-18-22(27)26(4-2)23(28)31-18/h5-13H,3-4H2,1-2H3/b18-11+,20-12-. The van der Waals surface area contributed by atoms with Gasteiger partial charge in [0.25, 0.3) is 5.91 Å². The van der Waals surface area contributed by atoms with E-state index in [1.165, 1.54) is 27.0 Å². The van der Waals surface area contributed by atoms with Crippen LogP contribution in [0.5, 0.6) is 0 Å². The second kappa shape index (κ2) is 8.43. The molecular formula is C23H19N3OS4. The summed E-state index contributed by atoms with van der Waals surface area (Å²) in [6.45, 7) is 5.55. The Morgan fingerprint density at radius 2 is 1.84 bits per heavy atom. The zero-order chi connectivity index (χ0) is 21.5. The number of hydrogen-bond acceptors (Lipinski definition) is 7. The Balaban J connectivity index is 1.45. The monoisotopic (exact) mass is 481 g/mol. The van der Waals surface area contributed by atoms with Gasteiger partial charge in [0, 0.05) is 23.5 Å². The zero-order valence-electron chi connectivity index (χ0n) is 17.0. The van der Waals surface area contributed by atoms with Crippen LogP contribution >= 0.6 is 47.1 Å². The summed E-state index contributed by atoms with van der Waals surface area (Å²) >= 11 is 10.1. The average molecular weight is 482 g/mol. The van der Waals surface area contributed by atoms with Crippen LogP contribution < -0.4 is 4.90 Å². The summed E-state index contributed by atoms with van der Waals surface area (Å²) in [6, 6.07) is 14.8. The number of hydrogen-bond donors (Lipinski definition) is 0. The number of likely N-dealkylation sites (N-methyl/N-ethyl adjacent to an activating group) is 1. The van der Waals surface area contributed by atoms with Gasteiger partial charge in [-0.3, -0.25) is 9.69 Å². The molecule has 1 amide bonds. The van der Waals surface area contributed by atoms with E-state index >= 15 is 0 Å². The summed E-state index contributed by atoms with van der Waals surface area (Å²) in [6.07, 6.45) is 3.94. The molecule has 2 aliphatic heterocycles. The van der Waals surface area contributed by atoms with Crippen molar-refractivity contribution in [1.29, 1.82) is 0 Å². The van der Waals surface area contributed by atoms with Crippen molar-refractivity contribution in [2.24, 2.45) is 0 Å². The number of thioether (sulfide) groups is 2. The van der Waals surface area contributed by atoms with Crippen molar-refractivity contribution in [2.75, 3.05) is 18.0 Å². The molecule has 1 aromatic heterocycles. The number of amides is 1. The fraction of sp³-hybridized carbons (Fsp3) is 0.174. The van der Waals surface area contributed by atoms with Crippen molar-refractivity contribution >= 4 is 73.2 Å². The van der Waals surface area contributed by atoms with Crippen LogP contribution in [0.1, 0.15) is 13.8 Å². The van der Waals surface area contributed by atoms with Crippen molar-refractivity contribution in [2.45, 2.75) is 18.7 Å². The molecule has 2 aromatic carbocycles. The first kappa shape index (κ1) is 20.8. The average Bonchev–Trinajstić information content (AvgIpc) is 3.44. The number of carbonyl (C=O) groups is 1. The summed E-state index contributed by atoms with van der Waals surface area (Å²) in [4.78, 5) is 23.1. The minimum absolute atomic E-state index is 0.00367.